The second-order valence-electron chi connectivity index (χ2n) is 6.15. The van der Waals surface area contributed by atoms with Crippen molar-refractivity contribution in [2.45, 2.75) is 77.2 Å². The van der Waals surface area contributed by atoms with Gasteiger partial charge in [-0.1, -0.05) is 6.92 Å². The van der Waals surface area contributed by atoms with Crippen LogP contribution in [0, 0.1) is 5.92 Å². The Hall–Kier alpha value is 0.137. The highest BCUT2D eigenvalue weighted by Crippen LogP contribution is 2.62. The number of rotatable bonds is 6. The van der Waals surface area contributed by atoms with E-state index in [1.54, 1.807) is 0 Å². The summed E-state index contributed by atoms with van der Waals surface area (Å²) in [4.78, 5) is 0. The van der Waals surface area contributed by atoms with E-state index in [1.165, 1.54) is 19.3 Å². The first-order valence-corrected chi connectivity index (χ1v) is 8.78. The fourth-order valence-electron chi connectivity index (χ4n) is 2.80. The molecule has 2 saturated carbocycles. The molecule has 0 radical (unpaired) electrons. The van der Waals surface area contributed by atoms with Gasteiger partial charge in [-0.15, -0.1) is 0 Å². The third-order valence-corrected chi connectivity index (χ3v) is 8.85. The van der Waals surface area contributed by atoms with Gasteiger partial charge in [-0.2, -0.15) is 0 Å². The first-order chi connectivity index (χ1) is 7.45. The molecule has 2 atom stereocenters. The molecule has 2 fully saturated rings. The van der Waals surface area contributed by atoms with E-state index in [9.17, 15) is 0 Å². The summed E-state index contributed by atoms with van der Waals surface area (Å²) in [6.45, 7) is 11.0. The largest absolute Gasteiger partial charge is 0.391 e. The topological polar surface area (TPSA) is 18.5 Å². The molecule has 0 heterocycles. The first-order valence-electron chi connectivity index (χ1n) is 6.81. The Balaban J connectivity index is 2.13. The van der Waals surface area contributed by atoms with Crippen molar-refractivity contribution < 1.29 is 8.85 Å². The Morgan fingerprint density at radius 2 is 1.44 bits per heavy atom. The third-order valence-electron chi connectivity index (χ3n) is 3.61. The molecule has 0 aromatic heterocycles. The van der Waals surface area contributed by atoms with Crippen molar-refractivity contribution in [1.29, 1.82) is 0 Å². The summed E-state index contributed by atoms with van der Waals surface area (Å²) in [5.41, 5.74) is 1.55. The van der Waals surface area contributed by atoms with E-state index >= 15 is 0 Å². The zero-order valence-electron chi connectivity index (χ0n) is 11.3. The number of hydrogen-bond acceptors (Lipinski definition) is 2. The molecule has 0 aromatic rings. The molecule has 0 spiro atoms. The first kappa shape index (κ1) is 12.6. The van der Waals surface area contributed by atoms with Crippen LogP contribution in [0.25, 0.3) is 0 Å². The Morgan fingerprint density at radius 3 is 1.69 bits per heavy atom. The maximum atomic E-state index is 6.38. The van der Waals surface area contributed by atoms with Crippen LogP contribution in [0.4, 0.5) is 0 Å². The molecule has 2 aliphatic carbocycles. The van der Waals surface area contributed by atoms with Crippen molar-refractivity contribution in [3.63, 3.8) is 0 Å². The van der Waals surface area contributed by atoms with E-state index in [0.717, 1.165) is 17.0 Å². The molecule has 0 aromatic carbocycles. The highest BCUT2D eigenvalue weighted by Gasteiger charge is 2.64. The monoisotopic (exact) mass is 242 g/mol. The predicted molar refractivity (Wildman–Crippen MR) is 68.7 cm³/mol. The molecule has 2 nitrogen and oxygen atoms in total. The van der Waals surface area contributed by atoms with Crippen LogP contribution in [-0.2, 0) is 8.85 Å². The zero-order chi connectivity index (χ0) is 11.9. The molecule has 0 bridgehead atoms. The molecule has 2 aliphatic rings. The minimum Gasteiger partial charge on any atom is -0.391 e. The van der Waals surface area contributed by atoms with Gasteiger partial charge in [0.15, 0.2) is 0 Å². The van der Waals surface area contributed by atoms with Gasteiger partial charge in [0.05, 0.1) is 0 Å². The maximum absolute atomic E-state index is 6.38. The Bertz CT molecular complexity index is 238. The lowest BCUT2D eigenvalue weighted by atomic mass is 10.5. The molecular weight excluding hydrogens is 216 g/mol. The van der Waals surface area contributed by atoms with Crippen molar-refractivity contribution in [1.82, 2.24) is 0 Å². The summed E-state index contributed by atoms with van der Waals surface area (Å²) in [5.74, 6) is 0.838. The van der Waals surface area contributed by atoms with Crippen molar-refractivity contribution in [3.05, 3.63) is 0 Å². The molecule has 0 saturated heterocycles. The highest BCUT2D eigenvalue weighted by atomic mass is 28.4. The van der Waals surface area contributed by atoms with Gasteiger partial charge in [-0.05, 0) is 52.9 Å². The van der Waals surface area contributed by atoms with Gasteiger partial charge in [0.1, 0.15) is 0 Å². The van der Waals surface area contributed by atoms with Gasteiger partial charge < -0.3 is 8.85 Å². The summed E-state index contributed by atoms with van der Waals surface area (Å²) in [6, 6.07) is 0. The molecule has 0 amide bonds. The smallest absolute Gasteiger partial charge is 0.345 e. The molecule has 2 rings (SSSR count). The minimum absolute atomic E-state index is 0.318. The fraction of sp³-hybridized carbons (Fsp3) is 1.00. The molecule has 16 heavy (non-hydrogen) atoms. The summed E-state index contributed by atoms with van der Waals surface area (Å²) in [7, 11) is -1.92. The van der Waals surface area contributed by atoms with Crippen LogP contribution >= 0.6 is 0 Å². The van der Waals surface area contributed by atoms with Gasteiger partial charge in [0, 0.05) is 23.3 Å². The van der Waals surface area contributed by atoms with Crippen molar-refractivity contribution in [3.8, 4) is 0 Å². The standard InChI is InChI=1S/C13H26O2Si/c1-9(2)14-16(12-6-7-12,15-10(3)4)13-8-11(13)5/h9-13H,6-8H2,1-5H3. The summed E-state index contributed by atoms with van der Waals surface area (Å²) < 4.78 is 12.8. The molecule has 0 N–H and O–H groups in total. The number of hydrogen-bond donors (Lipinski definition) is 0. The van der Waals surface area contributed by atoms with Gasteiger partial charge in [0.2, 0.25) is 0 Å². The second kappa shape index (κ2) is 4.43. The summed E-state index contributed by atoms with van der Waals surface area (Å²) >= 11 is 0. The van der Waals surface area contributed by atoms with Crippen LogP contribution in [-0.4, -0.2) is 20.8 Å². The SMILES string of the molecule is CC(C)O[Si](OC(C)C)(C1CC1)C1CC1C. The molecule has 3 heteroatoms. The normalized spacial score (nSPS) is 30.2. The van der Waals surface area contributed by atoms with Gasteiger partial charge >= 0.3 is 8.56 Å². The Labute approximate surface area is 101 Å². The van der Waals surface area contributed by atoms with Crippen LogP contribution < -0.4 is 0 Å². The Kier molecular flexibility index (Phi) is 3.48. The maximum Gasteiger partial charge on any atom is 0.345 e. The lowest BCUT2D eigenvalue weighted by molar-refractivity contribution is 0.100. The van der Waals surface area contributed by atoms with Crippen LogP contribution in [0.5, 0.6) is 0 Å². The lowest BCUT2D eigenvalue weighted by Gasteiger charge is -2.35. The lowest BCUT2D eigenvalue weighted by Crippen LogP contribution is -2.47. The molecule has 2 unspecified atom stereocenters. The average Bonchev–Trinajstić information content (AvgIpc) is 2.92. The van der Waals surface area contributed by atoms with E-state index in [0.29, 0.717) is 12.2 Å². The van der Waals surface area contributed by atoms with Crippen LogP contribution in [0.3, 0.4) is 0 Å². The zero-order valence-corrected chi connectivity index (χ0v) is 12.3. The van der Waals surface area contributed by atoms with Crippen molar-refractivity contribution in [2.75, 3.05) is 0 Å². The predicted octanol–water partition coefficient (Wildman–Crippen LogP) is 3.85. The van der Waals surface area contributed by atoms with Crippen molar-refractivity contribution >= 4 is 8.56 Å². The fourth-order valence-corrected chi connectivity index (χ4v) is 8.14. The van der Waals surface area contributed by atoms with E-state index < -0.39 is 8.56 Å². The minimum atomic E-state index is -1.92. The van der Waals surface area contributed by atoms with Gasteiger partial charge in [-0.25, -0.2) is 0 Å². The van der Waals surface area contributed by atoms with Crippen LogP contribution in [0.15, 0.2) is 0 Å². The van der Waals surface area contributed by atoms with Crippen LogP contribution in [0.2, 0.25) is 11.1 Å². The molecular formula is C13H26O2Si. The van der Waals surface area contributed by atoms with E-state index in [1.807, 2.05) is 0 Å². The quantitative estimate of drug-likeness (QED) is 0.659. The van der Waals surface area contributed by atoms with E-state index in [-0.39, 0.29) is 0 Å². The van der Waals surface area contributed by atoms with E-state index in [2.05, 4.69) is 34.6 Å². The van der Waals surface area contributed by atoms with Crippen molar-refractivity contribution in [2.24, 2.45) is 5.92 Å². The second-order valence-corrected chi connectivity index (χ2v) is 9.62. The third kappa shape index (κ3) is 2.52. The van der Waals surface area contributed by atoms with Gasteiger partial charge in [-0.3, -0.25) is 0 Å². The Morgan fingerprint density at radius 1 is 1.00 bits per heavy atom. The van der Waals surface area contributed by atoms with Gasteiger partial charge in [0.25, 0.3) is 0 Å². The summed E-state index contributed by atoms with van der Waals surface area (Å²) in [6.07, 6.45) is 4.66. The molecule has 94 valence electrons. The summed E-state index contributed by atoms with van der Waals surface area (Å²) in [5, 5.41) is 0. The van der Waals surface area contributed by atoms with E-state index in [4.69, 9.17) is 8.85 Å². The molecule has 0 aliphatic heterocycles. The van der Waals surface area contributed by atoms with Crippen LogP contribution in [0.1, 0.15) is 53.9 Å². The average molecular weight is 242 g/mol. The highest BCUT2D eigenvalue weighted by molar-refractivity contribution is 6.72.